The zero-order valence-corrected chi connectivity index (χ0v) is 14.5. The first-order valence-corrected chi connectivity index (χ1v) is 8.64. The monoisotopic (exact) mass is 306 g/mol. The van der Waals surface area contributed by atoms with Crippen molar-refractivity contribution < 1.29 is 4.79 Å². The van der Waals surface area contributed by atoms with Crippen molar-refractivity contribution in [1.82, 2.24) is 20.0 Å². The molecule has 1 N–H and O–H groups in total. The summed E-state index contributed by atoms with van der Waals surface area (Å²) in [5.74, 6) is 0.236. The van der Waals surface area contributed by atoms with E-state index in [0.717, 1.165) is 51.0 Å². The molecule has 0 unspecified atom stereocenters. The fourth-order valence-corrected chi connectivity index (χ4v) is 3.32. The van der Waals surface area contributed by atoms with Gasteiger partial charge in [0, 0.05) is 37.9 Å². The van der Waals surface area contributed by atoms with E-state index in [-0.39, 0.29) is 11.9 Å². The SMILES string of the molecule is CCc1nn(C)c(CC)c1CN[C@@H](C)C(=O)N1CCCCC1. The Morgan fingerprint density at radius 2 is 1.91 bits per heavy atom. The van der Waals surface area contributed by atoms with Crippen LogP contribution in [-0.2, 0) is 31.2 Å². The smallest absolute Gasteiger partial charge is 0.239 e. The second kappa shape index (κ2) is 7.77. The average molecular weight is 306 g/mol. The van der Waals surface area contributed by atoms with Crippen molar-refractivity contribution in [2.75, 3.05) is 13.1 Å². The van der Waals surface area contributed by atoms with Crippen molar-refractivity contribution in [3.05, 3.63) is 17.0 Å². The van der Waals surface area contributed by atoms with Gasteiger partial charge in [-0.25, -0.2) is 0 Å². The summed E-state index contributed by atoms with van der Waals surface area (Å²) >= 11 is 0. The maximum Gasteiger partial charge on any atom is 0.239 e. The van der Waals surface area contributed by atoms with Crippen LogP contribution in [0.1, 0.15) is 57.0 Å². The summed E-state index contributed by atoms with van der Waals surface area (Å²) in [5.41, 5.74) is 3.68. The normalized spacial score (nSPS) is 16.8. The van der Waals surface area contributed by atoms with E-state index < -0.39 is 0 Å². The van der Waals surface area contributed by atoms with E-state index in [4.69, 9.17) is 0 Å². The maximum atomic E-state index is 12.5. The van der Waals surface area contributed by atoms with Crippen molar-refractivity contribution in [2.45, 2.75) is 65.5 Å². The molecule has 0 aliphatic carbocycles. The Hall–Kier alpha value is -1.36. The maximum absolute atomic E-state index is 12.5. The lowest BCUT2D eigenvalue weighted by Crippen LogP contribution is -2.46. The van der Waals surface area contributed by atoms with E-state index in [1.807, 2.05) is 23.6 Å². The molecular weight excluding hydrogens is 276 g/mol. The molecule has 2 heterocycles. The first-order valence-electron chi connectivity index (χ1n) is 8.64. The summed E-state index contributed by atoms with van der Waals surface area (Å²) in [5, 5.41) is 8.01. The van der Waals surface area contributed by atoms with Gasteiger partial charge in [-0.05, 0) is 39.0 Å². The van der Waals surface area contributed by atoms with Gasteiger partial charge in [0.2, 0.25) is 5.91 Å². The van der Waals surface area contributed by atoms with Crippen LogP contribution in [0.4, 0.5) is 0 Å². The van der Waals surface area contributed by atoms with Gasteiger partial charge in [0.1, 0.15) is 0 Å². The molecule has 0 bridgehead atoms. The van der Waals surface area contributed by atoms with Crippen LogP contribution < -0.4 is 5.32 Å². The highest BCUT2D eigenvalue weighted by Gasteiger charge is 2.22. The molecule has 0 radical (unpaired) electrons. The van der Waals surface area contributed by atoms with Gasteiger partial charge in [-0.3, -0.25) is 9.48 Å². The molecule has 1 saturated heterocycles. The summed E-state index contributed by atoms with van der Waals surface area (Å²) in [6.07, 6.45) is 5.43. The molecule has 5 nitrogen and oxygen atoms in total. The highest BCUT2D eigenvalue weighted by Crippen LogP contribution is 2.16. The van der Waals surface area contributed by atoms with Crippen LogP contribution in [0.2, 0.25) is 0 Å². The Morgan fingerprint density at radius 3 is 2.50 bits per heavy atom. The van der Waals surface area contributed by atoms with Crippen LogP contribution in [0, 0.1) is 0 Å². The second-order valence-electron chi connectivity index (χ2n) is 6.19. The zero-order chi connectivity index (χ0) is 16.1. The molecule has 1 aliphatic heterocycles. The molecular formula is C17H30N4O. The fraction of sp³-hybridized carbons (Fsp3) is 0.765. The van der Waals surface area contributed by atoms with E-state index >= 15 is 0 Å². The molecule has 124 valence electrons. The van der Waals surface area contributed by atoms with Gasteiger partial charge in [0.15, 0.2) is 0 Å². The lowest BCUT2D eigenvalue weighted by Gasteiger charge is -2.29. The number of hydrogen-bond donors (Lipinski definition) is 1. The van der Waals surface area contributed by atoms with Gasteiger partial charge in [-0.1, -0.05) is 13.8 Å². The van der Waals surface area contributed by atoms with Crippen LogP contribution in [0.25, 0.3) is 0 Å². The van der Waals surface area contributed by atoms with E-state index in [0.29, 0.717) is 0 Å². The number of rotatable bonds is 6. The van der Waals surface area contributed by atoms with Gasteiger partial charge < -0.3 is 10.2 Å². The number of carbonyl (C=O) groups excluding carboxylic acids is 1. The van der Waals surface area contributed by atoms with Crippen molar-refractivity contribution >= 4 is 5.91 Å². The molecule has 1 atom stereocenters. The van der Waals surface area contributed by atoms with Gasteiger partial charge in [-0.2, -0.15) is 5.10 Å². The molecule has 1 aliphatic rings. The van der Waals surface area contributed by atoms with E-state index in [1.165, 1.54) is 17.7 Å². The van der Waals surface area contributed by atoms with Gasteiger partial charge in [0.25, 0.3) is 0 Å². The van der Waals surface area contributed by atoms with Crippen LogP contribution in [0.5, 0.6) is 0 Å². The zero-order valence-electron chi connectivity index (χ0n) is 14.5. The van der Waals surface area contributed by atoms with E-state index in [1.54, 1.807) is 0 Å². The molecule has 0 saturated carbocycles. The van der Waals surface area contributed by atoms with E-state index in [2.05, 4.69) is 24.3 Å². The fourth-order valence-electron chi connectivity index (χ4n) is 3.32. The predicted molar refractivity (Wildman–Crippen MR) is 88.7 cm³/mol. The number of likely N-dealkylation sites (tertiary alicyclic amines) is 1. The van der Waals surface area contributed by atoms with Gasteiger partial charge in [0.05, 0.1) is 11.7 Å². The molecule has 22 heavy (non-hydrogen) atoms. The molecule has 0 aromatic carbocycles. The molecule has 1 aromatic rings. The number of carbonyl (C=O) groups is 1. The van der Waals surface area contributed by atoms with Crippen molar-refractivity contribution in [2.24, 2.45) is 7.05 Å². The molecule has 0 spiro atoms. The lowest BCUT2D eigenvalue weighted by atomic mass is 10.1. The summed E-state index contributed by atoms with van der Waals surface area (Å²) in [7, 11) is 2.00. The number of nitrogens with zero attached hydrogens (tertiary/aromatic N) is 3. The van der Waals surface area contributed by atoms with Crippen LogP contribution in [0.3, 0.4) is 0 Å². The highest BCUT2D eigenvalue weighted by atomic mass is 16.2. The first kappa shape index (κ1) is 17.0. The number of aromatic nitrogens is 2. The summed E-state index contributed by atoms with van der Waals surface area (Å²) < 4.78 is 1.98. The van der Waals surface area contributed by atoms with Crippen molar-refractivity contribution in [3.8, 4) is 0 Å². The predicted octanol–water partition coefficient (Wildman–Crippen LogP) is 2.04. The third kappa shape index (κ3) is 3.69. The largest absolute Gasteiger partial charge is 0.341 e. The minimum Gasteiger partial charge on any atom is -0.341 e. The standard InChI is InChI=1S/C17H30N4O/c1-5-15-14(16(6-2)20(4)19-15)12-18-13(3)17(22)21-10-8-7-9-11-21/h13,18H,5-12H2,1-4H3/t13-/m0/s1. The van der Waals surface area contributed by atoms with Gasteiger partial charge in [-0.15, -0.1) is 0 Å². The number of hydrogen-bond acceptors (Lipinski definition) is 3. The number of nitrogens with one attached hydrogen (secondary N) is 1. The first-order chi connectivity index (χ1) is 10.6. The Bertz CT molecular complexity index is 503. The Morgan fingerprint density at radius 1 is 1.23 bits per heavy atom. The summed E-state index contributed by atoms with van der Waals surface area (Å²) in [6, 6.07) is -0.132. The third-order valence-electron chi connectivity index (χ3n) is 4.65. The topological polar surface area (TPSA) is 50.2 Å². The third-order valence-corrected chi connectivity index (χ3v) is 4.65. The lowest BCUT2D eigenvalue weighted by molar-refractivity contribution is -0.133. The van der Waals surface area contributed by atoms with Crippen molar-refractivity contribution in [3.63, 3.8) is 0 Å². The van der Waals surface area contributed by atoms with Gasteiger partial charge >= 0.3 is 0 Å². The quantitative estimate of drug-likeness (QED) is 0.875. The number of aryl methyl sites for hydroxylation is 2. The molecule has 5 heteroatoms. The minimum atomic E-state index is -0.132. The average Bonchev–Trinajstić information content (AvgIpc) is 2.87. The van der Waals surface area contributed by atoms with Crippen LogP contribution >= 0.6 is 0 Å². The molecule has 1 aromatic heterocycles. The van der Waals surface area contributed by atoms with Crippen LogP contribution in [0.15, 0.2) is 0 Å². The minimum absolute atomic E-state index is 0.132. The summed E-state index contributed by atoms with van der Waals surface area (Å²) in [6.45, 7) is 8.82. The Kier molecular flexibility index (Phi) is 6.00. The molecule has 1 fully saturated rings. The second-order valence-corrected chi connectivity index (χ2v) is 6.19. The number of amides is 1. The summed E-state index contributed by atoms with van der Waals surface area (Å²) in [4.78, 5) is 14.5. The Labute approximate surface area is 134 Å². The molecule has 2 rings (SSSR count). The van der Waals surface area contributed by atoms with Crippen molar-refractivity contribution in [1.29, 1.82) is 0 Å². The van der Waals surface area contributed by atoms with Crippen LogP contribution in [-0.4, -0.2) is 39.7 Å². The number of piperidine rings is 1. The Balaban J connectivity index is 1.98. The van der Waals surface area contributed by atoms with E-state index in [9.17, 15) is 4.79 Å². The molecule has 1 amide bonds. The highest BCUT2D eigenvalue weighted by molar-refractivity contribution is 5.81.